The van der Waals surface area contributed by atoms with Crippen LogP contribution in [0.15, 0.2) is 60.7 Å². The number of hydrogen-bond donors (Lipinski definition) is 1. The van der Waals surface area contributed by atoms with Crippen LogP contribution in [-0.4, -0.2) is 39.6 Å². The third kappa shape index (κ3) is 5.84. The molecule has 168 valence electrons. The summed E-state index contributed by atoms with van der Waals surface area (Å²) in [4.78, 5) is 27.2. The van der Waals surface area contributed by atoms with Crippen molar-refractivity contribution in [1.82, 2.24) is 14.7 Å². The molecule has 0 aliphatic carbocycles. The molecular weight excluding hydrogens is 400 g/mol. The first kappa shape index (κ1) is 23.3. The maximum atomic E-state index is 13.0. The van der Waals surface area contributed by atoms with Gasteiger partial charge in [-0.05, 0) is 25.5 Å². The van der Waals surface area contributed by atoms with Gasteiger partial charge in [0.25, 0.3) is 0 Å². The Morgan fingerprint density at radius 1 is 1.06 bits per heavy atom. The summed E-state index contributed by atoms with van der Waals surface area (Å²) in [7, 11) is 0. The molecule has 1 aromatic heterocycles. The van der Waals surface area contributed by atoms with Crippen LogP contribution in [0.1, 0.15) is 39.2 Å². The summed E-state index contributed by atoms with van der Waals surface area (Å²) in [5.41, 5.74) is 3.73. The van der Waals surface area contributed by atoms with E-state index in [-0.39, 0.29) is 24.3 Å². The van der Waals surface area contributed by atoms with E-state index in [0.717, 1.165) is 35.3 Å². The Morgan fingerprint density at radius 2 is 1.75 bits per heavy atom. The molecule has 6 nitrogen and oxygen atoms in total. The second kappa shape index (κ2) is 10.8. The molecule has 6 heteroatoms. The number of aromatic nitrogens is 2. The Bertz CT molecular complexity index is 1040. The summed E-state index contributed by atoms with van der Waals surface area (Å²) in [6.07, 6.45) is 1.83. The van der Waals surface area contributed by atoms with Gasteiger partial charge in [0.05, 0.1) is 17.9 Å². The maximum Gasteiger partial charge on any atom is 0.245 e. The SMILES string of the molecule is CCCCN(CC(=O)Nc1cc(-c2ccccc2)nn1-c1ccc(C)cc1)C(=O)C(C)C. The Labute approximate surface area is 190 Å². The first-order valence-corrected chi connectivity index (χ1v) is 11.2. The molecule has 0 atom stereocenters. The number of nitrogens with one attached hydrogen (secondary N) is 1. The van der Waals surface area contributed by atoms with Crippen molar-refractivity contribution in [1.29, 1.82) is 0 Å². The van der Waals surface area contributed by atoms with Gasteiger partial charge in [0, 0.05) is 24.1 Å². The third-order valence-corrected chi connectivity index (χ3v) is 5.25. The first-order valence-electron chi connectivity index (χ1n) is 11.2. The monoisotopic (exact) mass is 432 g/mol. The van der Waals surface area contributed by atoms with Gasteiger partial charge in [-0.1, -0.05) is 75.2 Å². The zero-order chi connectivity index (χ0) is 23.1. The largest absolute Gasteiger partial charge is 0.333 e. The van der Waals surface area contributed by atoms with E-state index in [4.69, 9.17) is 5.10 Å². The van der Waals surface area contributed by atoms with E-state index in [2.05, 4.69) is 12.2 Å². The highest BCUT2D eigenvalue weighted by molar-refractivity contribution is 5.94. The summed E-state index contributed by atoms with van der Waals surface area (Å²) in [5, 5.41) is 7.73. The maximum absolute atomic E-state index is 13.0. The second-order valence-electron chi connectivity index (χ2n) is 8.34. The minimum absolute atomic E-state index is 0.00869. The molecule has 0 radical (unpaired) electrons. The van der Waals surface area contributed by atoms with Gasteiger partial charge in [0.15, 0.2) is 0 Å². The molecule has 0 aliphatic rings. The van der Waals surface area contributed by atoms with Crippen LogP contribution >= 0.6 is 0 Å². The van der Waals surface area contributed by atoms with Crippen molar-refractivity contribution in [2.45, 2.75) is 40.5 Å². The normalized spacial score (nSPS) is 10.9. The molecule has 0 unspecified atom stereocenters. The molecule has 0 aliphatic heterocycles. The molecule has 2 amide bonds. The van der Waals surface area contributed by atoms with Crippen LogP contribution < -0.4 is 5.32 Å². The van der Waals surface area contributed by atoms with Crippen molar-refractivity contribution in [2.75, 3.05) is 18.4 Å². The van der Waals surface area contributed by atoms with Crippen LogP contribution in [0.5, 0.6) is 0 Å². The fraction of sp³-hybridized carbons (Fsp3) is 0.346. The van der Waals surface area contributed by atoms with Gasteiger partial charge < -0.3 is 10.2 Å². The average Bonchev–Trinajstić information content (AvgIpc) is 3.20. The van der Waals surface area contributed by atoms with Crippen LogP contribution in [0, 0.1) is 12.8 Å². The number of amides is 2. The summed E-state index contributed by atoms with van der Waals surface area (Å²) in [6.45, 7) is 8.42. The Hall–Kier alpha value is -3.41. The molecule has 0 saturated carbocycles. The van der Waals surface area contributed by atoms with Crippen molar-refractivity contribution < 1.29 is 9.59 Å². The lowest BCUT2D eigenvalue weighted by Gasteiger charge is -2.24. The van der Waals surface area contributed by atoms with Crippen molar-refractivity contribution in [3.05, 3.63) is 66.2 Å². The molecule has 0 spiro atoms. The molecule has 0 saturated heterocycles. The summed E-state index contributed by atoms with van der Waals surface area (Å²) < 4.78 is 1.74. The lowest BCUT2D eigenvalue weighted by Crippen LogP contribution is -2.40. The fourth-order valence-electron chi connectivity index (χ4n) is 3.44. The summed E-state index contributed by atoms with van der Waals surface area (Å²) in [6, 6.07) is 19.7. The van der Waals surface area contributed by atoms with Crippen LogP contribution in [-0.2, 0) is 9.59 Å². The number of carbonyl (C=O) groups is 2. The van der Waals surface area contributed by atoms with Crippen LogP contribution in [0.2, 0.25) is 0 Å². The van der Waals surface area contributed by atoms with Crippen LogP contribution in [0.3, 0.4) is 0 Å². The number of carbonyl (C=O) groups excluding carboxylic acids is 2. The highest BCUT2D eigenvalue weighted by atomic mass is 16.2. The fourth-order valence-corrected chi connectivity index (χ4v) is 3.44. The third-order valence-electron chi connectivity index (χ3n) is 5.25. The zero-order valence-electron chi connectivity index (χ0n) is 19.3. The van der Waals surface area contributed by atoms with Gasteiger partial charge >= 0.3 is 0 Å². The lowest BCUT2D eigenvalue weighted by atomic mass is 10.1. The molecule has 3 rings (SSSR count). The Kier molecular flexibility index (Phi) is 7.82. The van der Waals surface area contributed by atoms with Gasteiger partial charge in [-0.2, -0.15) is 5.10 Å². The quantitative estimate of drug-likeness (QED) is 0.513. The number of aryl methyl sites for hydroxylation is 1. The van der Waals surface area contributed by atoms with E-state index in [1.165, 1.54) is 0 Å². The van der Waals surface area contributed by atoms with E-state index in [1.54, 1.807) is 9.58 Å². The first-order chi connectivity index (χ1) is 15.4. The standard InChI is InChI=1S/C26H32N4O2/c1-5-6-16-29(26(32)19(2)3)18-25(31)27-24-17-23(21-10-8-7-9-11-21)28-30(24)22-14-12-20(4)13-15-22/h7-15,17,19H,5-6,16,18H2,1-4H3,(H,27,31). The molecular formula is C26H32N4O2. The predicted molar refractivity (Wildman–Crippen MR) is 129 cm³/mol. The molecule has 1 heterocycles. The van der Waals surface area contributed by atoms with Crippen molar-refractivity contribution in [3.8, 4) is 16.9 Å². The summed E-state index contributed by atoms with van der Waals surface area (Å²) >= 11 is 0. The van der Waals surface area contributed by atoms with E-state index in [0.29, 0.717) is 12.4 Å². The smallest absolute Gasteiger partial charge is 0.245 e. The second-order valence-corrected chi connectivity index (χ2v) is 8.34. The number of nitrogens with zero attached hydrogens (tertiary/aromatic N) is 3. The van der Waals surface area contributed by atoms with Gasteiger partial charge in [-0.15, -0.1) is 0 Å². The Balaban J connectivity index is 1.88. The van der Waals surface area contributed by atoms with Gasteiger partial charge in [-0.3, -0.25) is 9.59 Å². The van der Waals surface area contributed by atoms with Gasteiger partial charge in [0.1, 0.15) is 5.82 Å². The van der Waals surface area contributed by atoms with Crippen LogP contribution in [0.4, 0.5) is 5.82 Å². The zero-order valence-corrected chi connectivity index (χ0v) is 19.3. The predicted octanol–water partition coefficient (Wildman–Crippen LogP) is 5.07. The van der Waals surface area contributed by atoms with E-state index < -0.39 is 0 Å². The Morgan fingerprint density at radius 3 is 2.38 bits per heavy atom. The lowest BCUT2D eigenvalue weighted by molar-refractivity contribution is -0.137. The highest BCUT2D eigenvalue weighted by Gasteiger charge is 2.21. The molecule has 2 aromatic carbocycles. The molecule has 0 fully saturated rings. The number of rotatable bonds is 9. The highest BCUT2D eigenvalue weighted by Crippen LogP contribution is 2.25. The van der Waals surface area contributed by atoms with Gasteiger partial charge in [-0.25, -0.2) is 4.68 Å². The van der Waals surface area contributed by atoms with E-state index >= 15 is 0 Å². The number of hydrogen-bond acceptors (Lipinski definition) is 3. The summed E-state index contributed by atoms with van der Waals surface area (Å²) in [5.74, 6) is 0.182. The molecule has 1 N–H and O–H groups in total. The topological polar surface area (TPSA) is 67.2 Å². The van der Waals surface area contributed by atoms with Crippen molar-refractivity contribution >= 4 is 17.6 Å². The van der Waals surface area contributed by atoms with Gasteiger partial charge in [0.2, 0.25) is 11.8 Å². The van der Waals surface area contributed by atoms with Crippen molar-refractivity contribution in [2.24, 2.45) is 5.92 Å². The van der Waals surface area contributed by atoms with E-state index in [1.807, 2.05) is 81.4 Å². The molecule has 3 aromatic rings. The van der Waals surface area contributed by atoms with Crippen LogP contribution in [0.25, 0.3) is 16.9 Å². The number of unbranched alkanes of at least 4 members (excludes halogenated alkanes) is 1. The number of anilines is 1. The minimum atomic E-state index is -0.233. The molecule has 32 heavy (non-hydrogen) atoms. The number of benzene rings is 2. The average molecular weight is 433 g/mol. The van der Waals surface area contributed by atoms with Crippen molar-refractivity contribution in [3.63, 3.8) is 0 Å². The van der Waals surface area contributed by atoms with E-state index in [9.17, 15) is 9.59 Å². The molecule has 0 bridgehead atoms. The minimum Gasteiger partial charge on any atom is -0.333 e.